The smallest absolute Gasteiger partial charge is 0.220 e. The first-order valence-corrected chi connectivity index (χ1v) is 7.48. The summed E-state index contributed by atoms with van der Waals surface area (Å²) in [5.74, 6) is 0.0955. The Balaban J connectivity index is 2.72. The number of carbonyl (C=O) groups is 1. The summed E-state index contributed by atoms with van der Waals surface area (Å²) in [4.78, 5) is 12.0. The zero-order valence-corrected chi connectivity index (χ0v) is 13.1. The molecule has 2 atom stereocenters. The van der Waals surface area contributed by atoms with Gasteiger partial charge < -0.3 is 11.1 Å². The van der Waals surface area contributed by atoms with E-state index in [9.17, 15) is 4.79 Å². The highest BCUT2D eigenvalue weighted by Crippen LogP contribution is 2.28. The molecule has 0 saturated heterocycles. The Labute approximate surface area is 122 Å². The van der Waals surface area contributed by atoms with E-state index in [4.69, 9.17) is 5.73 Å². The average Bonchev–Trinajstić information content (AvgIpc) is 2.43. The number of nitrogens with two attached hydrogens (primary N) is 1. The molecule has 0 aromatic heterocycles. The Hall–Kier alpha value is -1.35. The molecule has 0 spiro atoms. The van der Waals surface area contributed by atoms with E-state index in [1.54, 1.807) is 0 Å². The van der Waals surface area contributed by atoms with Gasteiger partial charge in [-0.1, -0.05) is 51.1 Å². The molecule has 0 aliphatic rings. The third-order valence-corrected chi connectivity index (χ3v) is 3.96. The van der Waals surface area contributed by atoms with Crippen LogP contribution in [0.1, 0.15) is 52.5 Å². The van der Waals surface area contributed by atoms with E-state index < -0.39 is 0 Å². The minimum Gasteiger partial charge on any atom is -0.353 e. The summed E-state index contributed by atoms with van der Waals surface area (Å²) in [7, 11) is 0. The average molecular weight is 276 g/mol. The predicted molar refractivity (Wildman–Crippen MR) is 84.6 cm³/mol. The van der Waals surface area contributed by atoms with Gasteiger partial charge in [-0.2, -0.15) is 0 Å². The molecule has 0 aliphatic heterocycles. The summed E-state index contributed by atoms with van der Waals surface area (Å²) in [5, 5.41) is 3.17. The molecule has 20 heavy (non-hydrogen) atoms. The molecule has 3 heteroatoms. The summed E-state index contributed by atoms with van der Waals surface area (Å²) >= 11 is 0. The first-order chi connectivity index (χ1) is 9.37. The van der Waals surface area contributed by atoms with E-state index in [-0.39, 0.29) is 23.4 Å². The van der Waals surface area contributed by atoms with Gasteiger partial charge in [0.05, 0.1) is 0 Å². The maximum absolute atomic E-state index is 12.0. The fraction of sp³-hybridized carbons (Fsp3) is 0.588. The summed E-state index contributed by atoms with van der Waals surface area (Å²) < 4.78 is 0. The monoisotopic (exact) mass is 276 g/mol. The van der Waals surface area contributed by atoms with E-state index in [0.717, 1.165) is 12.8 Å². The molecule has 0 heterocycles. The van der Waals surface area contributed by atoms with Crippen molar-refractivity contribution in [2.75, 3.05) is 0 Å². The van der Waals surface area contributed by atoms with Crippen molar-refractivity contribution in [1.29, 1.82) is 0 Å². The number of benzene rings is 1. The lowest BCUT2D eigenvalue weighted by Crippen LogP contribution is -2.47. The Morgan fingerprint density at radius 2 is 1.90 bits per heavy atom. The molecular formula is C17H28N2O. The van der Waals surface area contributed by atoms with Crippen molar-refractivity contribution in [2.24, 2.45) is 5.73 Å². The first-order valence-electron chi connectivity index (χ1n) is 7.48. The van der Waals surface area contributed by atoms with E-state index in [1.807, 2.05) is 25.1 Å². The van der Waals surface area contributed by atoms with Crippen LogP contribution in [0.2, 0.25) is 0 Å². The van der Waals surface area contributed by atoms with Crippen LogP contribution in [0.15, 0.2) is 30.3 Å². The number of amides is 1. The molecular weight excluding hydrogens is 248 g/mol. The molecule has 112 valence electrons. The number of rotatable bonds is 7. The Morgan fingerprint density at radius 1 is 1.30 bits per heavy atom. The molecule has 1 amide bonds. The first kappa shape index (κ1) is 16.7. The van der Waals surface area contributed by atoms with Crippen LogP contribution in [0.5, 0.6) is 0 Å². The highest BCUT2D eigenvalue weighted by Gasteiger charge is 2.30. The van der Waals surface area contributed by atoms with Crippen molar-refractivity contribution in [2.45, 2.75) is 64.5 Å². The largest absolute Gasteiger partial charge is 0.353 e. The van der Waals surface area contributed by atoms with Crippen LogP contribution in [0.25, 0.3) is 0 Å². The van der Waals surface area contributed by atoms with Gasteiger partial charge >= 0.3 is 0 Å². The second-order valence-electron chi connectivity index (χ2n) is 6.13. The molecule has 0 radical (unpaired) electrons. The van der Waals surface area contributed by atoms with Gasteiger partial charge in [0.25, 0.3) is 0 Å². The minimum atomic E-state index is -0.0833. The van der Waals surface area contributed by atoms with Gasteiger partial charge in [-0.15, -0.1) is 0 Å². The number of hydrogen-bond donors (Lipinski definition) is 2. The molecule has 3 N–H and O–H groups in total. The van der Waals surface area contributed by atoms with Crippen LogP contribution in [0.4, 0.5) is 0 Å². The maximum Gasteiger partial charge on any atom is 0.220 e. The fourth-order valence-corrected chi connectivity index (χ4v) is 2.49. The molecule has 0 bridgehead atoms. The number of carbonyl (C=O) groups excluding carboxylic acids is 1. The van der Waals surface area contributed by atoms with E-state index in [0.29, 0.717) is 6.42 Å². The van der Waals surface area contributed by atoms with Crippen LogP contribution in [-0.4, -0.2) is 18.0 Å². The van der Waals surface area contributed by atoms with Crippen LogP contribution in [-0.2, 0) is 10.2 Å². The molecule has 3 nitrogen and oxygen atoms in total. The Morgan fingerprint density at radius 3 is 2.40 bits per heavy atom. The van der Waals surface area contributed by atoms with Crippen molar-refractivity contribution in [3.05, 3.63) is 35.9 Å². The van der Waals surface area contributed by atoms with Gasteiger partial charge in [0.2, 0.25) is 5.91 Å². The quantitative estimate of drug-likeness (QED) is 0.804. The van der Waals surface area contributed by atoms with Gasteiger partial charge in [-0.3, -0.25) is 4.79 Å². The predicted octanol–water partition coefficient (Wildman–Crippen LogP) is 2.99. The van der Waals surface area contributed by atoms with Gasteiger partial charge in [-0.25, -0.2) is 0 Å². The molecule has 0 saturated carbocycles. The second-order valence-corrected chi connectivity index (χ2v) is 6.13. The normalized spacial score (nSPS) is 14.7. The minimum absolute atomic E-state index is 0.0722. The SMILES string of the molecule is CCC(NC(=O)CCC(C)N)C(C)(C)c1ccccc1. The third-order valence-electron chi connectivity index (χ3n) is 3.96. The molecule has 0 fully saturated rings. The van der Waals surface area contributed by atoms with Crippen LogP contribution in [0.3, 0.4) is 0 Å². The second kappa shape index (κ2) is 7.44. The van der Waals surface area contributed by atoms with Gasteiger partial charge in [-0.05, 0) is 25.3 Å². The summed E-state index contributed by atoms with van der Waals surface area (Å²) in [5.41, 5.74) is 6.87. The summed E-state index contributed by atoms with van der Waals surface area (Å²) in [6.45, 7) is 8.41. The van der Waals surface area contributed by atoms with E-state index in [1.165, 1.54) is 5.56 Å². The van der Waals surface area contributed by atoms with Crippen molar-refractivity contribution in [1.82, 2.24) is 5.32 Å². The van der Waals surface area contributed by atoms with Crippen molar-refractivity contribution >= 4 is 5.91 Å². The standard InChI is InChI=1S/C17H28N2O/c1-5-15(19-16(20)12-11-13(2)18)17(3,4)14-9-7-6-8-10-14/h6-10,13,15H,5,11-12,18H2,1-4H3,(H,19,20). The van der Waals surface area contributed by atoms with Crippen LogP contribution in [0, 0.1) is 0 Å². The number of hydrogen-bond acceptors (Lipinski definition) is 2. The third kappa shape index (κ3) is 4.64. The van der Waals surface area contributed by atoms with Gasteiger partial charge in [0.15, 0.2) is 0 Å². The van der Waals surface area contributed by atoms with E-state index in [2.05, 4.69) is 38.2 Å². The fourth-order valence-electron chi connectivity index (χ4n) is 2.49. The lowest BCUT2D eigenvalue weighted by Gasteiger charge is -2.35. The lowest BCUT2D eigenvalue weighted by molar-refractivity contribution is -0.122. The van der Waals surface area contributed by atoms with Crippen molar-refractivity contribution < 1.29 is 4.79 Å². The Kier molecular flexibility index (Phi) is 6.21. The molecule has 1 aromatic carbocycles. The summed E-state index contributed by atoms with van der Waals surface area (Å²) in [6.07, 6.45) is 2.14. The number of nitrogens with one attached hydrogen (secondary N) is 1. The van der Waals surface area contributed by atoms with Crippen molar-refractivity contribution in [3.8, 4) is 0 Å². The molecule has 1 aromatic rings. The topological polar surface area (TPSA) is 55.1 Å². The molecule has 1 rings (SSSR count). The maximum atomic E-state index is 12.0. The van der Waals surface area contributed by atoms with Crippen LogP contribution < -0.4 is 11.1 Å². The zero-order chi connectivity index (χ0) is 15.2. The van der Waals surface area contributed by atoms with Gasteiger partial charge in [0.1, 0.15) is 0 Å². The van der Waals surface area contributed by atoms with Crippen molar-refractivity contribution in [3.63, 3.8) is 0 Å². The highest BCUT2D eigenvalue weighted by atomic mass is 16.1. The van der Waals surface area contributed by atoms with Gasteiger partial charge in [0, 0.05) is 23.9 Å². The highest BCUT2D eigenvalue weighted by molar-refractivity contribution is 5.76. The van der Waals surface area contributed by atoms with Crippen LogP contribution >= 0.6 is 0 Å². The summed E-state index contributed by atoms with van der Waals surface area (Å²) in [6, 6.07) is 10.5. The lowest BCUT2D eigenvalue weighted by atomic mass is 9.76. The Bertz CT molecular complexity index is 412. The molecule has 0 aliphatic carbocycles. The molecule has 2 unspecified atom stereocenters. The van der Waals surface area contributed by atoms with E-state index >= 15 is 0 Å². The zero-order valence-electron chi connectivity index (χ0n) is 13.1.